The van der Waals surface area contributed by atoms with Crippen molar-refractivity contribution in [2.24, 2.45) is 0 Å². The average Bonchev–Trinajstić information content (AvgIpc) is 2.35. The molecule has 112 valence electrons. The van der Waals surface area contributed by atoms with Gasteiger partial charge in [0, 0.05) is 5.57 Å². The minimum absolute atomic E-state index is 0.292. The lowest BCUT2D eigenvalue weighted by Gasteiger charge is -2.06. The van der Waals surface area contributed by atoms with E-state index in [2.05, 4.69) is 20.8 Å². The first-order chi connectivity index (χ1) is 9.36. The van der Waals surface area contributed by atoms with Gasteiger partial charge in [-0.05, 0) is 0 Å². The molecule has 0 aromatic rings. The zero-order valence-electron chi connectivity index (χ0n) is 10.5. The van der Waals surface area contributed by atoms with Gasteiger partial charge in [-0.2, -0.15) is 0 Å². The summed E-state index contributed by atoms with van der Waals surface area (Å²) in [5.41, 5.74) is -0.292. The number of carbonyl (C=O) groups is 4. The largest absolute Gasteiger partial charge is 0.481 e. The summed E-state index contributed by atoms with van der Waals surface area (Å²) in [4.78, 5) is 43.3. The van der Waals surface area contributed by atoms with Crippen molar-refractivity contribution in [1.82, 2.24) is 0 Å². The van der Waals surface area contributed by atoms with Crippen LogP contribution in [-0.4, -0.2) is 47.7 Å². The van der Waals surface area contributed by atoms with Gasteiger partial charge in [0.25, 0.3) is 0 Å². The second kappa shape index (κ2) is 9.50. The topological polar surface area (TPSA) is 136 Å². The zero-order valence-corrected chi connectivity index (χ0v) is 10.5. The first kappa shape index (κ1) is 17.6. The number of rotatable bonds is 9. The van der Waals surface area contributed by atoms with Crippen LogP contribution in [0.1, 0.15) is 19.3 Å². The van der Waals surface area contributed by atoms with Crippen LogP contribution in [0.4, 0.5) is 0 Å². The van der Waals surface area contributed by atoms with Crippen LogP contribution in [0, 0.1) is 0 Å². The molecule has 0 aliphatic heterocycles. The van der Waals surface area contributed by atoms with Crippen molar-refractivity contribution in [3.05, 3.63) is 12.2 Å². The summed E-state index contributed by atoms with van der Waals surface area (Å²) in [5.74, 6) is -3.85. The number of aliphatic carboxylic acids is 1. The molecule has 0 aromatic heterocycles. The fourth-order valence-electron chi connectivity index (χ4n) is 0.926. The Bertz CT molecular complexity index is 399. The highest BCUT2D eigenvalue weighted by Gasteiger charge is 2.14. The number of ether oxygens (including phenoxy) is 3. The van der Waals surface area contributed by atoms with Crippen molar-refractivity contribution in [3.8, 4) is 0 Å². The monoisotopic (exact) mass is 290 g/mol. The highest BCUT2D eigenvalue weighted by Crippen LogP contribution is 2.02. The predicted molar refractivity (Wildman–Crippen MR) is 60.9 cm³/mol. The molecule has 9 heteroatoms. The molecular weight excluding hydrogens is 276 g/mol. The molecule has 0 unspecified atom stereocenters. The molecule has 0 aliphatic carbocycles. The maximum atomic E-state index is 11.1. The molecule has 0 spiro atoms. The Kier molecular flexibility index (Phi) is 8.35. The van der Waals surface area contributed by atoms with Crippen LogP contribution in [-0.2, 0) is 33.4 Å². The van der Waals surface area contributed by atoms with Gasteiger partial charge < -0.3 is 24.4 Å². The number of hydrogen-bond acceptors (Lipinski definition) is 8. The van der Waals surface area contributed by atoms with E-state index in [-0.39, 0.29) is 18.4 Å². The zero-order chi connectivity index (χ0) is 15.5. The predicted octanol–water partition coefficient (Wildman–Crippen LogP) is -0.666. The van der Waals surface area contributed by atoms with Crippen LogP contribution in [0.2, 0.25) is 0 Å². The molecule has 0 saturated carbocycles. The van der Waals surface area contributed by atoms with Gasteiger partial charge in [-0.15, -0.1) is 0 Å². The fraction of sp³-hybridized carbons (Fsp3) is 0.455. The van der Waals surface area contributed by atoms with Gasteiger partial charge >= 0.3 is 23.9 Å². The van der Waals surface area contributed by atoms with E-state index in [0.717, 1.165) is 0 Å². The van der Waals surface area contributed by atoms with Gasteiger partial charge in [-0.1, -0.05) is 6.58 Å². The number of carbonyl (C=O) groups excluding carboxylic acids is 3. The second-order valence-corrected chi connectivity index (χ2v) is 3.39. The highest BCUT2D eigenvalue weighted by atomic mass is 16.7. The van der Waals surface area contributed by atoms with Crippen molar-refractivity contribution >= 4 is 23.9 Å². The van der Waals surface area contributed by atoms with E-state index in [1.165, 1.54) is 0 Å². The van der Waals surface area contributed by atoms with Crippen LogP contribution in [0.15, 0.2) is 12.2 Å². The molecule has 0 aliphatic rings. The number of aliphatic hydroxyl groups excluding tert-OH is 1. The molecule has 2 N–H and O–H groups in total. The standard InChI is InChI=1S/C11H14O9/c1-7(4-8(13)14)11(17)20-6-19-10(16)3-2-9(15)18-5-12/h12H,1-6H2,(H,13,14). The normalized spacial score (nSPS) is 9.45. The van der Waals surface area contributed by atoms with Crippen molar-refractivity contribution in [3.63, 3.8) is 0 Å². The van der Waals surface area contributed by atoms with E-state index in [0.29, 0.717) is 0 Å². The summed E-state index contributed by atoms with van der Waals surface area (Å²) < 4.78 is 13.0. The van der Waals surface area contributed by atoms with Gasteiger partial charge in [-0.3, -0.25) is 14.4 Å². The van der Waals surface area contributed by atoms with E-state index < -0.39 is 43.9 Å². The molecule has 0 fully saturated rings. The third-order valence-corrected chi connectivity index (χ3v) is 1.82. The molecule has 0 saturated heterocycles. The molecule has 0 atom stereocenters. The van der Waals surface area contributed by atoms with Gasteiger partial charge in [0.15, 0.2) is 6.79 Å². The molecule has 0 radical (unpaired) electrons. The molecular formula is C11H14O9. The van der Waals surface area contributed by atoms with Gasteiger partial charge in [-0.25, -0.2) is 4.79 Å². The van der Waals surface area contributed by atoms with Crippen molar-refractivity contribution in [1.29, 1.82) is 0 Å². The first-order valence-corrected chi connectivity index (χ1v) is 5.35. The maximum Gasteiger partial charge on any atom is 0.336 e. The Morgan fingerprint density at radius 3 is 2.00 bits per heavy atom. The average molecular weight is 290 g/mol. The quantitative estimate of drug-likeness (QED) is 0.322. The summed E-state index contributed by atoms with van der Waals surface area (Å²) in [5, 5.41) is 16.6. The van der Waals surface area contributed by atoms with Gasteiger partial charge in [0.2, 0.25) is 6.79 Å². The van der Waals surface area contributed by atoms with Crippen molar-refractivity contribution < 1.29 is 43.6 Å². The SMILES string of the molecule is C=C(CC(=O)O)C(=O)OCOC(=O)CCC(=O)OCO. The molecule has 0 bridgehead atoms. The summed E-state index contributed by atoms with van der Waals surface area (Å²) in [6.45, 7) is 1.69. The maximum absolute atomic E-state index is 11.1. The van der Waals surface area contributed by atoms with E-state index in [1.807, 2.05) is 0 Å². The third kappa shape index (κ3) is 8.64. The Labute approximate surface area is 113 Å². The third-order valence-electron chi connectivity index (χ3n) is 1.82. The number of aliphatic hydroxyl groups is 1. The molecule has 0 rings (SSSR count). The van der Waals surface area contributed by atoms with Gasteiger partial charge in [0.05, 0.1) is 19.3 Å². The molecule has 0 heterocycles. The number of carboxylic acids is 1. The van der Waals surface area contributed by atoms with Crippen LogP contribution in [0.25, 0.3) is 0 Å². The van der Waals surface area contributed by atoms with E-state index >= 15 is 0 Å². The Balaban J connectivity index is 3.81. The van der Waals surface area contributed by atoms with Crippen molar-refractivity contribution in [2.45, 2.75) is 19.3 Å². The van der Waals surface area contributed by atoms with Gasteiger partial charge in [0.1, 0.15) is 0 Å². The summed E-state index contributed by atoms with van der Waals surface area (Å²) in [7, 11) is 0. The lowest BCUT2D eigenvalue weighted by Crippen LogP contribution is -2.16. The molecule has 20 heavy (non-hydrogen) atoms. The minimum Gasteiger partial charge on any atom is -0.481 e. The minimum atomic E-state index is -1.24. The number of esters is 3. The molecule has 0 aromatic carbocycles. The lowest BCUT2D eigenvalue weighted by molar-refractivity contribution is -0.167. The highest BCUT2D eigenvalue weighted by molar-refractivity contribution is 5.92. The molecule has 9 nitrogen and oxygen atoms in total. The fourth-order valence-corrected chi connectivity index (χ4v) is 0.926. The van der Waals surface area contributed by atoms with Crippen LogP contribution < -0.4 is 0 Å². The van der Waals surface area contributed by atoms with E-state index in [9.17, 15) is 19.2 Å². The van der Waals surface area contributed by atoms with E-state index in [4.69, 9.17) is 10.2 Å². The summed E-state index contributed by atoms with van der Waals surface area (Å²) in [6, 6.07) is 0. The molecule has 0 amide bonds. The Morgan fingerprint density at radius 2 is 1.50 bits per heavy atom. The number of hydrogen-bond donors (Lipinski definition) is 2. The van der Waals surface area contributed by atoms with Crippen molar-refractivity contribution in [2.75, 3.05) is 13.6 Å². The number of carboxylic acid groups (broad SMARTS) is 1. The smallest absolute Gasteiger partial charge is 0.336 e. The van der Waals surface area contributed by atoms with Crippen LogP contribution in [0.3, 0.4) is 0 Å². The second-order valence-electron chi connectivity index (χ2n) is 3.39. The van der Waals surface area contributed by atoms with Crippen LogP contribution >= 0.6 is 0 Å². The lowest BCUT2D eigenvalue weighted by atomic mass is 10.2. The summed E-state index contributed by atoms with van der Waals surface area (Å²) in [6.07, 6.45) is -1.19. The summed E-state index contributed by atoms with van der Waals surface area (Å²) >= 11 is 0. The first-order valence-electron chi connectivity index (χ1n) is 5.35. The van der Waals surface area contributed by atoms with Crippen LogP contribution in [0.5, 0.6) is 0 Å². The Hall–Kier alpha value is -2.42. The van der Waals surface area contributed by atoms with E-state index in [1.54, 1.807) is 0 Å². The Morgan fingerprint density at radius 1 is 0.950 bits per heavy atom.